The molecule has 0 aromatic heterocycles. The molecule has 1 saturated heterocycles. The number of carbonyl (C=O) groups excluding carboxylic acids is 3. The largest absolute Gasteiger partial charge is 0.479 e. The molecule has 1 aliphatic heterocycles. The van der Waals surface area contributed by atoms with Gasteiger partial charge in [-0.2, -0.15) is 0 Å². The minimum atomic E-state index is -1.18. The van der Waals surface area contributed by atoms with Gasteiger partial charge in [0.2, 0.25) is 11.8 Å². The zero-order valence-corrected chi connectivity index (χ0v) is 18.9. The third-order valence-electron chi connectivity index (χ3n) is 6.14. The van der Waals surface area contributed by atoms with Crippen LogP contribution < -0.4 is 10.6 Å². The Labute approximate surface area is 186 Å². The van der Waals surface area contributed by atoms with Crippen LogP contribution in [0.4, 0.5) is 5.69 Å². The Morgan fingerprint density at radius 2 is 1.94 bits per heavy atom. The van der Waals surface area contributed by atoms with Gasteiger partial charge in [0.15, 0.2) is 0 Å². The summed E-state index contributed by atoms with van der Waals surface area (Å²) in [4.78, 5) is 51.1. The van der Waals surface area contributed by atoms with Crippen molar-refractivity contribution in [1.82, 2.24) is 10.2 Å². The molecule has 0 spiro atoms. The Morgan fingerprint density at radius 3 is 2.45 bits per heavy atom. The maximum atomic E-state index is 13.5. The lowest BCUT2D eigenvalue weighted by Crippen LogP contribution is -2.61. The fraction of sp³-hybridized carbons (Fsp3) is 0.545. The molecular weight excluding hydrogens is 422 g/mol. The van der Waals surface area contributed by atoms with Crippen molar-refractivity contribution in [1.29, 1.82) is 0 Å². The van der Waals surface area contributed by atoms with Crippen molar-refractivity contribution in [2.24, 2.45) is 11.3 Å². The van der Waals surface area contributed by atoms with Crippen LogP contribution in [0.2, 0.25) is 5.02 Å². The number of aliphatic carboxylic acids is 1. The molecule has 1 saturated carbocycles. The van der Waals surface area contributed by atoms with Crippen LogP contribution in [0.1, 0.15) is 57.3 Å². The van der Waals surface area contributed by atoms with Crippen LogP contribution in [0.15, 0.2) is 18.2 Å². The second kappa shape index (κ2) is 8.15. The number of fused-ring (bicyclic) bond motifs is 2. The molecule has 1 aromatic carbocycles. The van der Waals surface area contributed by atoms with Crippen LogP contribution in [0.5, 0.6) is 0 Å². The van der Waals surface area contributed by atoms with Gasteiger partial charge in [-0.15, -0.1) is 0 Å². The number of carboxylic acid groups (broad SMARTS) is 1. The molecule has 3 atom stereocenters. The Kier molecular flexibility index (Phi) is 6.06. The second-order valence-corrected chi connectivity index (χ2v) is 9.95. The number of hydrogen-bond acceptors (Lipinski definition) is 4. The van der Waals surface area contributed by atoms with Gasteiger partial charge in [-0.1, -0.05) is 32.4 Å². The number of nitrogens with zero attached hydrogens (tertiary/aromatic N) is 1. The molecule has 2 fully saturated rings. The molecule has 31 heavy (non-hydrogen) atoms. The third-order valence-corrected chi connectivity index (χ3v) is 6.46. The highest BCUT2D eigenvalue weighted by atomic mass is 35.5. The third kappa shape index (κ3) is 4.39. The van der Waals surface area contributed by atoms with Crippen LogP contribution in [0.25, 0.3) is 0 Å². The van der Waals surface area contributed by atoms with Crippen molar-refractivity contribution in [3.8, 4) is 0 Å². The Hall–Kier alpha value is -2.61. The predicted octanol–water partition coefficient (Wildman–Crippen LogP) is 2.91. The minimum absolute atomic E-state index is 0.177. The van der Waals surface area contributed by atoms with Crippen LogP contribution in [-0.4, -0.2) is 51.8 Å². The molecule has 1 heterocycles. The van der Waals surface area contributed by atoms with E-state index in [0.717, 1.165) is 6.42 Å². The van der Waals surface area contributed by atoms with Crippen molar-refractivity contribution in [2.45, 2.75) is 58.5 Å². The standard InChI is InChI=1S/C22H28ClN3O5/c1-12(27)24-16-6-5-14(9-15(16)23)18(28)25-17(21(2,3)4)19(29)26-11-13-7-8-22(26,10-13)20(30)31/h5-6,9,13,17H,7-8,10-11H2,1-4H3,(H,24,27)(H,25,28)(H,30,31)/t13-,17-,22+/m1/s1. The van der Waals surface area contributed by atoms with E-state index in [1.54, 1.807) is 0 Å². The van der Waals surface area contributed by atoms with E-state index in [4.69, 9.17) is 11.6 Å². The van der Waals surface area contributed by atoms with E-state index in [0.29, 0.717) is 25.1 Å². The molecule has 8 nitrogen and oxygen atoms in total. The number of hydrogen-bond donors (Lipinski definition) is 3. The average molecular weight is 450 g/mol. The molecule has 2 bridgehead atoms. The highest BCUT2D eigenvalue weighted by Gasteiger charge is 2.59. The first-order valence-corrected chi connectivity index (χ1v) is 10.7. The van der Waals surface area contributed by atoms with Crippen LogP contribution in [0.3, 0.4) is 0 Å². The predicted molar refractivity (Wildman–Crippen MR) is 116 cm³/mol. The lowest BCUT2D eigenvalue weighted by atomic mass is 9.84. The van der Waals surface area contributed by atoms with Gasteiger partial charge >= 0.3 is 5.97 Å². The summed E-state index contributed by atoms with van der Waals surface area (Å²) in [5, 5.41) is 15.4. The van der Waals surface area contributed by atoms with Crippen molar-refractivity contribution in [3.05, 3.63) is 28.8 Å². The number of benzene rings is 1. The number of carbonyl (C=O) groups is 4. The van der Waals surface area contributed by atoms with E-state index in [1.165, 1.54) is 30.0 Å². The normalized spacial score (nSPS) is 23.4. The lowest BCUT2D eigenvalue weighted by molar-refractivity contribution is -0.159. The van der Waals surface area contributed by atoms with Crippen LogP contribution >= 0.6 is 11.6 Å². The quantitative estimate of drug-likeness (QED) is 0.639. The fourth-order valence-electron chi connectivity index (χ4n) is 4.54. The van der Waals surface area contributed by atoms with Gasteiger partial charge < -0.3 is 20.6 Å². The van der Waals surface area contributed by atoms with Gasteiger partial charge in [0.05, 0.1) is 10.7 Å². The second-order valence-electron chi connectivity index (χ2n) is 9.54. The number of rotatable bonds is 5. The van der Waals surface area contributed by atoms with Gasteiger partial charge in [-0.05, 0) is 48.8 Å². The van der Waals surface area contributed by atoms with Gasteiger partial charge in [0.25, 0.3) is 5.91 Å². The van der Waals surface area contributed by atoms with E-state index in [2.05, 4.69) is 10.6 Å². The summed E-state index contributed by atoms with van der Waals surface area (Å²) in [6.45, 7) is 7.22. The van der Waals surface area contributed by atoms with Crippen molar-refractivity contribution >= 4 is 41.0 Å². The Bertz CT molecular complexity index is 942. The van der Waals surface area contributed by atoms with Gasteiger partial charge in [0.1, 0.15) is 11.6 Å². The number of likely N-dealkylation sites (tertiary alicyclic amines) is 1. The topological polar surface area (TPSA) is 116 Å². The average Bonchev–Trinajstić information content (AvgIpc) is 3.26. The fourth-order valence-corrected chi connectivity index (χ4v) is 4.76. The van der Waals surface area contributed by atoms with E-state index in [-0.39, 0.29) is 28.3 Å². The molecule has 1 aliphatic carbocycles. The van der Waals surface area contributed by atoms with Crippen LogP contribution in [0, 0.1) is 11.3 Å². The molecular formula is C22H28ClN3O5. The first-order chi connectivity index (χ1) is 14.3. The summed E-state index contributed by atoms with van der Waals surface area (Å²) in [7, 11) is 0. The van der Waals surface area contributed by atoms with Crippen LogP contribution in [-0.2, 0) is 14.4 Å². The monoisotopic (exact) mass is 449 g/mol. The van der Waals surface area contributed by atoms with Crippen molar-refractivity contribution in [2.75, 3.05) is 11.9 Å². The molecule has 9 heteroatoms. The number of amides is 3. The maximum Gasteiger partial charge on any atom is 0.329 e. The summed E-state index contributed by atoms with van der Waals surface area (Å²) in [5.74, 6) is -1.98. The summed E-state index contributed by atoms with van der Waals surface area (Å²) >= 11 is 6.17. The van der Waals surface area contributed by atoms with E-state index in [9.17, 15) is 24.3 Å². The van der Waals surface area contributed by atoms with E-state index < -0.39 is 28.9 Å². The molecule has 3 N–H and O–H groups in total. The number of nitrogens with one attached hydrogen (secondary N) is 2. The number of carboxylic acids is 1. The minimum Gasteiger partial charge on any atom is -0.479 e. The van der Waals surface area contributed by atoms with Gasteiger partial charge in [0, 0.05) is 19.0 Å². The molecule has 3 amide bonds. The molecule has 1 aromatic rings. The Morgan fingerprint density at radius 1 is 1.26 bits per heavy atom. The zero-order chi connectivity index (χ0) is 23.1. The van der Waals surface area contributed by atoms with Gasteiger partial charge in [-0.25, -0.2) is 4.79 Å². The Balaban J connectivity index is 1.83. The van der Waals surface area contributed by atoms with Crippen molar-refractivity contribution in [3.63, 3.8) is 0 Å². The first-order valence-electron chi connectivity index (χ1n) is 10.3. The molecule has 0 unspecified atom stereocenters. The molecule has 2 aliphatic rings. The number of halogens is 1. The van der Waals surface area contributed by atoms with Crippen molar-refractivity contribution < 1.29 is 24.3 Å². The SMILES string of the molecule is CC(=O)Nc1ccc(C(=O)N[C@H](C(=O)N2C[C@@H]3CC[C@@]2(C(=O)O)C3)C(C)(C)C)cc1Cl. The lowest BCUT2D eigenvalue weighted by Gasteiger charge is -2.40. The first kappa shape index (κ1) is 23.1. The molecule has 3 rings (SSSR count). The maximum absolute atomic E-state index is 13.5. The summed E-state index contributed by atoms with van der Waals surface area (Å²) in [6, 6.07) is 3.53. The number of piperidine rings is 1. The number of anilines is 1. The van der Waals surface area contributed by atoms with E-state index >= 15 is 0 Å². The van der Waals surface area contributed by atoms with E-state index in [1.807, 2.05) is 20.8 Å². The molecule has 0 radical (unpaired) electrons. The smallest absolute Gasteiger partial charge is 0.329 e. The highest BCUT2D eigenvalue weighted by molar-refractivity contribution is 6.34. The molecule has 168 valence electrons. The van der Waals surface area contributed by atoms with Gasteiger partial charge in [-0.3, -0.25) is 14.4 Å². The highest BCUT2D eigenvalue weighted by Crippen LogP contribution is 2.47. The summed E-state index contributed by atoms with van der Waals surface area (Å²) in [6.07, 6.45) is 1.69. The summed E-state index contributed by atoms with van der Waals surface area (Å²) in [5.41, 5.74) is -1.21. The zero-order valence-electron chi connectivity index (χ0n) is 18.1. The summed E-state index contributed by atoms with van der Waals surface area (Å²) < 4.78 is 0.